The number of hydrogen-bond donors (Lipinski definition) is 1. The normalized spacial score (nSPS) is 18.5. The molecule has 1 rings (SSSR count). The predicted molar refractivity (Wildman–Crippen MR) is 33.0 cm³/mol. The summed E-state index contributed by atoms with van der Waals surface area (Å²) in [6, 6.07) is 2.38. The summed E-state index contributed by atoms with van der Waals surface area (Å²) in [6.07, 6.45) is 1.33. The molecule has 0 spiro atoms. The lowest BCUT2D eigenvalue weighted by atomic mass is 10.2. The van der Waals surface area contributed by atoms with Gasteiger partial charge in [-0.3, -0.25) is 4.90 Å². The Kier molecular flexibility index (Phi) is 1.76. The van der Waals surface area contributed by atoms with E-state index >= 15 is 0 Å². The number of rotatable bonds is 1. The Bertz CT molecular complexity index is 116. The molecule has 0 amide bonds. The van der Waals surface area contributed by atoms with E-state index in [4.69, 9.17) is 5.73 Å². The van der Waals surface area contributed by atoms with Gasteiger partial charge in [0.2, 0.25) is 0 Å². The summed E-state index contributed by atoms with van der Waals surface area (Å²) in [6.45, 7) is 3.26. The second kappa shape index (κ2) is 2.58. The topological polar surface area (TPSA) is 29.3 Å². The summed E-state index contributed by atoms with van der Waals surface area (Å²) in [7, 11) is 0. The van der Waals surface area contributed by atoms with Crippen molar-refractivity contribution in [1.82, 2.24) is 4.90 Å². The van der Waals surface area contributed by atoms with E-state index in [9.17, 15) is 0 Å². The van der Waals surface area contributed by atoms with Crippen LogP contribution in [-0.4, -0.2) is 24.5 Å². The van der Waals surface area contributed by atoms with Crippen molar-refractivity contribution in [1.29, 1.82) is 0 Å². The van der Waals surface area contributed by atoms with E-state index in [0.717, 1.165) is 6.54 Å². The number of nitrogens with zero attached hydrogens (tertiary/aromatic N) is 1. The minimum absolute atomic E-state index is 0.858. The van der Waals surface area contributed by atoms with Crippen molar-refractivity contribution >= 4 is 0 Å². The summed E-state index contributed by atoms with van der Waals surface area (Å²) >= 11 is 0. The number of likely N-dealkylation sites (tertiary alicyclic amines) is 1. The first-order chi connectivity index (χ1) is 3.93. The van der Waals surface area contributed by atoms with Crippen molar-refractivity contribution in [3.63, 3.8) is 0 Å². The largest absolute Gasteiger partial charge is 0.359 e. The smallest absolute Gasteiger partial charge is 0.0619 e. The molecular formula is C6H10N2. The fourth-order valence-corrected chi connectivity index (χ4v) is 0.697. The van der Waals surface area contributed by atoms with Gasteiger partial charge < -0.3 is 5.73 Å². The summed E-state index contributed by atoms with van der Waals surface area (Å²) in [5.74, 6) is 2.80. The van der Waals surface area contributed by atoms with Gasteiger partial charge in [0.15, 0.2) is 0 Å². The van der Waals surface area contributed by atoms with Gasteiger partial charge >= 0.3 is 0 Å². The van der Waals surface area contributed by atoms with Crippen LogP contribution in [0.15, 0.2) is 0 Å². The van der Waals surface area contributed by atoms with E-state index in [1.165, 1.54) is 19.5 Å². The van der Waals surface area contributed by atoms with E-state index < -0.39 is 0 Å². The molecule has 2 N–H and O–H groups in total. The summed E-state index contributed by atoms with van der Waals surface area (Å²) in [5, 5.41) is 0. The lowest BCUT2D eigenvalue weighted by molar-refractivity contribution is 0.207. The Morgan fingerprint density at radius 1 is 1.50 bits per heavy atom. The third-order valence-corrected chi connectivity index (χ3v) is 1.35. The molecular weight excluding hydrogens is 100 g/mol. The molecule has 0 atom stereocenters. The first-order valence-electron chi connectivity index (χ1n) is 2.84. The van der Waals surface area contributed by atoms with Gasteiger partial charge in [0, 0.05) is 19.1 Å². The van der Waals surface area contributed by atoms with Crippen LogP contribution in [0.2, 0.25) is 0 Å². The standard InChI is InChI=1S/C6H10N2/c7-3-1-4-8-5-2-6-8/h2,4-7H2. The van der Waals surface area contributed by atoms with Gasteiger partial charge in [-0.25, -0.2) is 0 Å². The van der Waals surface area contributed by atoms with Gasteiger partial charge in [-0.1, -0.05) is 5.92 Å². The van der Waals surface area contributed by atoms with Crippen LogP contribution in [0, 0.1) is 12.0 Å². The molecule has 1 saturated heterocycles. The Morgan fingerprint density at radius 2 is 2.25 bits per heavy atom. The minimum atomic E-state index is 0.858. The molecule has 0 radical (unpaired) electrons. The van der Waals surface area contributed by atoms with Crippen molar-refractivity contribution in [2.24, 2.45) is 5.73 Å². The molecule has 2 heteroatoms. The van der Waals surface area contributed by atoms with Crippen LogP contribution in [0.4, 0.5) is 0 Å². The van der Waals surface area contributed by atoms with Crippen molar-refractivity contribution in [2.75, 3.05) is 19.6 Å². The Labute approximate surface area is 49.7 Å². The van der Waals surface area contributed by atoms with Crippen LogP contribution >= 0.6 is 0 Å². The van der Waals surface area contributed by atoms with Crippen molar-refractivity contribution < 1.29 is 0 Å². The van der Waals surface area contributed by atoms with Crippen LogP contribution in [0.25, 0.3) is 0 Å². The molecule has 0 aliphatic carbocycles. The van der Waals surface area contributed by atoms with Crippen LogP contribution in [0.5, 0.6) is 0 Å². The molecule has 1 fully saturated rings. The molecule has 8 heavy (non-hydrogen) atoms. The zero-order valence-electron chi connectivity index (χ0n) is 4.85. The highest BCUT2D eigenvalue weighted by molar-refractivity contribution is 4.97. The summed E-state index contributed by atoms with van der Waals surface area (Å²) < 4.78 is 0. The van der Waals surface area contributed by atoms with Crippen LogP contribution in [-0.2, 0) is 0 Å². The first-order valence-corrected chi connectivity index (χ1v) is 2.84. The highest BCUT2D eigenvalue weighted by Gasteiger charge is 2.10. The maximum Gasteiger partial charge on any atom is 0.0619 e. The van der Waals surface area contributed by atoms with Gasteiger partial charge in [0.1, 0.15) is 0 Å². The first kappa shape index (κ1) is 5.46. The Balaban J connectivity index is 2.07. The minimum Gasteiger partial charge on any atom is -0.359 e. The maximum atomic E-state index is 4.97. The van der Waals surface area contributed by atoms with E-state index in [-0.39, 0.29) is 0 Å². The molecule has 0 aromatic rings. The molecule has 1 heterocycles. The molecule has 1 aliphatic rings. The average Bonchev–Trinajstić information content (AvgIpc) is 1.63. The molecule has 44 valence electrons. The molecule has 0 unspecified atom stereocenters. The zero-order valence-corrected chi connectivity index (χ0v) is 4.85. The van der Waals surface area contributed by atoms with Crippen molar-refractivity contribution in [3.8, 4) is 12.0 Å². The van der Waals surface area contributed by atoms with Gasteiger partial charge in [-0.2, -0.15) is 0 Å². The Morgan fingerprint density at radius 3 is 2.62 bits per heavy atom. The van der Waals surface area contributed by atoms with Crippen molar-refractivity contribution in [3.05, 3.63) is 0 Å². The molecule has 0 aromatic heterocycles. The third kappa shape index (κ3) is 1.14. The molecule has 0 saturated carbocycles. The lowest BCUT2D eigenvalue weighted by Crippen LogP contribution is -2.37. The van der Waals surface area contributed by atoms with Crippen molar-refractivity contribution in [2.45, 2.75) is 6.42 Å². The molecule has 0 bridgehead atoms. The molecule has 2 nitrogen and oxygen atoms in total. The van der Waals surface area contributed by atoms with E-state index in [1.807, 2.05) is 0 Å². The molecule has 0 aromatic carbocycles. The SMILES string of the molecule is NC#CCN1CCC1. The Hall–Kier alpha value is -0.680. The van der Waals surface area contributed by atoms with Gasteiger partial charge in [0.25, 0.3) is 0 Å². The summed E-state index contributed by atoms with van der Waals surface area (Å²) in [5.41, 5.74) is 4.97. The quantitative estimate of drug-likeness (QED) is 0.368. The zero-order chi connectivity index (χ0) is 5.82. The van der Waals surface area contributed by atoms with Crippen LogP contribution < -0.4 is 5.73 Å². The highest BCUT2D eigenvalue weighted by Crippen LogP contribution is 2.02. The van der Waals surface area contributed by atoms with E-state index in [2.05, 4.69) is 16.9 Å². The third-order valence-electron chi connectivity index (χ3n) is 1.35. The molecule has 1 aliphatic heterocycles. The van der Waals surface area contributed by atoms with Crippen LogP contribution in [0.1, 0.15) is 6.42 Å². The second-order valence-corrected chi connectivity index (χ2v) is 1.95. The van der Waals surface area contributed by atoms with Crippen LogP contribution in [0.3, 0.4) is 0 Å². The monoisotopic (exact) mass is 110 g/mol. The lowest BCUT2D eigenvalue weighted by Gasteiger charge is -2.28. The average molecular weight is 110 g/mol. The van der Waals surface area contributed by atoms with Gasteiger partial charge in [-0.05, 0) is 6.42 Å². The maximum absolute atomic E-state index is 4.97. The second-order valence-electron chi connectivity index (χ2n) is 1.95. The highest BCUT2D eigenvalue weighted by atomic mass is 15.2. The van der Waals surface area contributed by atoms with E-state index in [1.54, 1.807) is 0 Å². The number of hydrogen-bond acceptors (Lipinski definition) is 2. The fourth-order valence-electron chi connectivity index (χ4n) is 0.697. The summed E-state index contributed by atoms with van der Waals surface area (Å²) in [4.78, 5) is 2.26. The van der Waals surface area contributed by atoms with E-state index in [0.29, 0.717) is 0 Å². The number of nitrogens with two attached hydrogens (primary N) is 1. The van der Waals surface area contributed by atoms with Gasteiger partial charge in [0.05, 0.1) is 6.54 Å². The predicted octanol–water partition coefficient (Wildman–Crippen LogP) is -0.388. The fraction of sp³-hybridized carbons (Fsp3) is 0.667. The van der Waals surface area contributed by atoms with Gasteiger partial charge in [-0.15, -0.1) is 0 Å².